The Hall–Kier alpha value is -1.07. The molecule has 0 aromatic carbocycles. The van der Waals surface area contributed by atoms with Gasteiger partial charge in [0.05, 0.1) is 11.9 Å². The van der Waals surface area contributed by atoms with Crippen molar-refractivity contribution in [3.05, 3.63) is 21.6 Å². The molecule has 5 nitrogen and oxygen atoms in total. The molecule has 0 unspecified atom stereocenters. The SMILES string of the molecule is Cn1ncc(N2CCC(CO)CC2)c(Cl)c1=O. The van der Waals surface area contributed by atoms with Gasteiger partial charge < -0.3 is 10.0 Å². The molecule has 6 heteroatoms. The van der Waals surface area contributed by atoms with Crippen LogP contribution in [-0.2, 0) is 7.05 Å². The lowest BCUT2D eigenvalue weighted by Gasteiger charge is -2.32. The van der Waals surface area contributed by atoms with E-state index in [0.29, 0.717) is 11.6 Å². The van der Waals surface area contributed by atoms with E-state index in [1.807, 2.05) is 0 Å². The number of aliphatic hydroxyl groups excluding tert-OH is 1. The van der Waals surface area contributed by atoms with Gasteiger partial charge in [-0.2, -0.15) is 5.10 Å². The molecule has 94 valence electrons. The first-order chi connectivity index (χ1) is 8.13. The van der Waals surface area contributed by atoms with Gasteiger partial charge in [-0.3, -0.25) is 4.79 Å². The minimum atomic E-state index is -0.270. The third-order valence-corrected chi connectivity index (χ3v) is 3.63. The highest BCUT2D eigenvalue weighted by atomic mass is 35.5. The van der Waals surface area contributed by atoms with E-state index in [9.17, 15) is 4.79 Å². The van der Waals surface area contributed by atoms with Crippen molar-refractivity contribution in [2.45, 2.75) is 12.8 Å². The van der Waals surface area contributed by atoms with Gasteiger partial charge in [-0.05, 0) is 18.8 Å². The average Bonchev–Trinajstić information content (AvgIpc) is 2.36. The summed E-state index contributed by atoms with van der Waals surface area (Å²) in [6, 6.07) is 0. The highest BCUT2D eigenvalue weighted by Crippen LogP contribution is 2.26. The summed E-state index contributed by atoms with van der Waals surface area (Å²) in [7, 11) is 1.58. The maximum atomic E-state index is 11.7. The van der Waals surface area contributed by atoms with Crippen molar-refractivity contribution < 1.29 is 5.11 Å². The summed E-state index contributed by atoms with van der Waals surface area (Å²) in [5, 5.41) is 13.3. The number of nitrogens with zero attached hydrogens (tertiary/aromatic N) is 3. The van der Waals surface area contributed by atoms with Gasteiger partial charge in [-0.15, -0.1) is 0 Å². The number of aliphatic hydroxyl groups is 1. The first-order valence-corrected chi connectivity index (χ1v) is 6.09. The molecule has 1 saturated heterocycles. The molecule has 2 heterocycles. The normalized spacial score (nSPS) is 17.5. The number of piperidine rings is 1. The quantitative estimate of drug-likeness (QED) is 0.845. The molecule has 1 aliphatic heterocycles. The lowest BCUT2D eigenvalue weighted by Crippen LogP contribution is -2.36. The fourth-order valence-corrected chi connectivity index (χ4v) is 2.37. The molecule has 0 aliphatic carbocycles. The van der Waals surface area contributed by atoms with Crippen LogP contribution in [0.4, 0.5) is 5.69 Å². The van der Waals surface area contributed by atoms with Crippen molar-refractivity contribution in [2.24, 2.45) is 13.0 Å². The van der Waals surface area contributed by atoms with Crippen LogP contribution in [0, 0.1) is 5.92 Å². The van der Waals surface area contributed by atoms with Crippen molar-refractivity contribution in [3.8, 4) is 0 Å². The summed E-state index contributed by atoms with van der Waals surface area (Å²) in [6.45, 7) is 1.84. The zero-order chi connectivity index (χ0) is 12.4. The molecule has 1 N–H and O–H groups in total. The van der Waals surface area contributed by atoms with E-state index in [1.165, 1.54) is 4.68 Å². The predicted molar refractivity (Wildman–Crippen MR) is 66.5 cm³/mol. The van der Waals surface area contributed by atoms with E-state index >= 15 is 0 Å². The average molecular weight is 258 g/mol. The third kappa shape index (κ3) is 2.45. The van der Waals surface area contributed by atoms with Crippen LogP contribution in [0.25, 0.3) is 0 Å². The molecule has 1 aliphatic rings. The molecule has 0 bridgehead atoms. The number of anilines is 1. The van der Waals surface area contributed by atoms with Gasteiger partial charge in [0, 0.05) is 26.7 Å². The minimum Gasteiger partial charge on any atom is -0.396 e. The fourth-order valence-electron chi connectivity index (χ4n) is 2.08. The first kappa shape index (κ1) is 12.4. The van der Waals surface area contributed by atoms with Gasteiger partial charge >= 0.3 is 0 Å². The van der Waals surface area contributed by atoms with Gasteiger partial charge in [0.25, 0.3) is 5.56 Å². The molecule has 1 fully saturated rings. The molecule has 1 aromatic heterocycles. The summed E-state index contributed by atoms with van der Waals surface area (Å²) in [5.74, 6) is 0.365. The Balaban J connectivity index is 2.19. The second-order valence-electron chi connectivity index (χ2n) is 4.39. The topological polar surface area (TPSA) is 58.4 Å². The lowest BCUT2D eigenvalue weighted by atomic mass is 9.98. The van der Waals surface area contributed by atoms with Crippen molar-refractivity contribution >= 4 is 17.3 Å². The van der Waals surface area contributed by atoms with Crippen molar-refractivity contribution in [1.82, 2.24) is 9.78 Å². The number of halogens is 1. The zero-order valence-electron chi connectivity index (χ0n) is 9.77. The van der Waals surface area contributed by atoms with E-state index < -0.39 is 0 Å². The molecule has 0 atom stereocenters. The molecule has 0 spiro atoms. The van der Waals surface area contributed by atoms with Crippen molar-refractivity contribution in [1.29, 1.82) is 0 Å². The summed E-state index contributed by atoms with van der Waals surface area (Å²) in [6.07, 6.45) is 3.47. The van der Waals surface area contributed by atoms with Crippen LogP contribution < -0.4 is 10.5 Å². The van der Waals surface area contributed by atoms with Crippen LogP contribution in [0.15, 0.2) is 11.0 Å². The van der Waals surface area contributed by atoms with Crippen LogP contribution in [0.2, 0.25) is 5.02 Å². The van der Waals surface area contributed by atoms with E-state index in [1.54, 1.807) is 13.2 Å². The highest BCUT2D eigenvalue weighted by molar-refractivity contribution is 6.33. The van der Waals surface area contributed by atoms with Crippen LogP contribution >= 0.6 is 11.6 Å². The standard InChI is InChI=1S/C11H16ClN3O2/c1-14-11(17)10(12)9(6-13-14)15-4-2-8(7-16)3-5-15/h6,8,16H,2-5,7H2,1H3. The predicted octanol–water partition coefficient (Wildman–Crippen LogP) is 0.642. The fraction of sp³-hybridized carbons (Fsp3) is 0.636. The summed E-state index contributed by atoms with van der Waals surface area (Å²) in [5.41, 5.74) is 0.430. The van der Waals surface area contributed by atoms with Gasteiger partial charge in [-0.25, -0.2) is 4.68 Å². The minimum absolute atomic E-state index is 0.227. The van der Waals surface area contributed by atoms with Gasteiger partial charge in [0.2, 0.25) is 0 Å². The third-order valence-electron chi connectivity index (χ3n) is 3.27. The van der Waals surface area contributed by atoms with Crippen LogP contribution in [0.1, 0.15) is 12.8 Å². The zero-order valence-corrected chi connectivity index (χ0v) is 10.5. The lowest BCUT2D eigenvalue weighted by molar-refractivity contribution is 0.203. The second-order valence-corrected chi connectivity index (χ2v) is 4.76. The maximum absolute atomic E-state index is 11.7. The Morgan fingerprint density at radius 3 is 2.76 bits per heavy atom. The Morgan fingerprint density at radius 1 is 1.53 bits per heavy atom. The molecule has 2 rings (SSSR count). The monoisotopic (exact) mass is 257 g/mol. The molecular weight excluding hydrogens is 242 g/mol. The number of rotatable bonds is 2. The Kier molecular flexibility index (Phi) is 3.69. The smallest absolute Gasteiger partial charge is 0.287 e. The van der Waals surface area contributed by atoms with Crippen molar-refractivity contribution in [3.63, 3.8) is 0 Å². The highest BCUT2D eigenvalue weighted by Gasteiger charge is 2.21. The van der Waals surface area contributed by atoms with E-state index in [0.717, 1.165) is 25.9 Å². The van der Waals surface area contributed by atoms with Crippen molar-refractivity contribution in [2.75, 3.05) is 24.6 Å². The Labute approximate surface area is 105 Å². The number of hydrogen-bond acceptors (Lipinski definition) is 4. The molecule has 0 radical (unpaired) electrons. The van der Waals surface area contributed by atoms with Gasteiger partial charge in [-0.1, -0.05) is 11.6 Å². The van der Waals surface area contributed by atoms with Crippen LogP contribution in [-0.4, -0.2) is 34.6 Å². The van der Waals surface area contributed by atoms with E-state index in [-0.39, 0.29) is 17.2 Å². The number of aryl methyl sites for hydroxylation is 1. The first-order valence-electron chi connectivity index (χ1n) is 5.71. The molecular formula is C11H16ClN3O2. The summed E-state index contributed by atoms with van der Waals surface area (Å²) in [4.78, 5) is 13.7. The molecule has 0 saturated carbocycles. The Bertz CT molecular complexity index is 453. The number of hydrogen-bond donors (Lipinski definition) is 1. The molecule has 1 aromatic rings. The van der Waals surface area contributed by atoms with E-state index in [4.69, 9.17) is 16.7 Å². The summed E-state index contributed by atoms with van der Waals surface area (Å²) >= 11 is 6.04. The molecule has 17 heavy (non-hydrogen) atoms. The second kappa shape index (κ2) is 5.06. The number of aromatic nitrogens is 2. The van der Waals surface area contributed by atoms with E-state index in [2.05, 4.69) is 10.00 Å². The van der Waals surface area contributed by atoms with Crippen LogP contribution in [0.5, 0.6) is 0 Å². The van der Waals surface area contributed by atoms with Gasteiger partial charge in [0.1, 0.15) is 5.02 Å². The van der Waals surface area contributed by atoms with Crippen LogP contribution in [0.3, 0.4) is 0 Å². The van der Waals surface area contributed by atoms with Gasteiger partial charge in [0.15, 0.2) is 0 Å². The Morgan fingerprint density at radius 2 is 2.18 bits per heavy atom. The maximum Gasteiger partial charge on any atom is 0.287 e. The largest absolute Gasteiger partial charge is 0.396 e. The summed E-state index contributed by atoms with van der Waals surface area (Å²) < 4.78 is 1.23. The molecule has 0 amide bonds.